The number of esters is 1. The fourth-order valence-electron chi connectivity index (χ4n) is 2.57. The number of aromatic nitrogens is 1. The van der Waals surface area contributed by atoms with Crippen LogP contribution in [0.2, 0.25) is 0 Å². The first-order chi connectivity index (χ1) is 12.2. The Kier molecular flexibility index (Phi) is 5.26. The largest absolute Gasteiger partial charge is 0.462 e. The van der Waals surface area contributed by atoms with Crippen LogP contribution in [0.1, 0.15) is 28.9 Å². The number of ether oxygens (including phenoxy) is 1. The Morgan fingerprint density at radius 1 is 1.16 bits per heavy atom. The van der Waals surface area contributed by atoms with E-state index < -0.39 is 12.1 Å². The minimum Gasteiger partial charge on any atom is -0.462 e. The first-order valence-corrected chi connectivity index (χ1v) is 8.21. The molecule has 0 saturated carbocycles. The number of hydrogen-bond acceptors (Lipinski definition) is 5. The number of rotatable bonds is 6. The molecule has 25 heavy (non-hydrogen) atoms. The maximum absolute atomic E-state index is 11.6. The second-order valence-corrected chi connectivity index (χ2v) is 5.66. The van der Waals surface area contributed by atoms with Gasteiger partial charge in [0.15, 0.2) is 0 Å². The Morgan fingerprint density at radius 3 is 2.68 bits per heavy atom. The number of hydrogen-bond donors (Lipinski definition) is 2. The van der Waals surface area contributed by atoms with Crippen LogP contribution in [0.3, 0.4) is 0 Å². The molecular formula is C20H20N2O3. The molecule has 5 heteroatoms. The summed E-state index contributed by atoms with van der Waals surface area (Å²) in [7, 11) is 0. The smallest absolute Gasteiger partial charge is 0.339 e. The monoisotopic (exact) mass is 336 g/mol. The van der Waals surface area contributed by atoms with Crippen LogP contribution in [-0.2, 0) is 4.74 Å². The maximum Gasteiger partial charge on any atom is 0.339 e. The van der Waals surface area contributed by atoms with Crippen molar-refractivity contribution in [3.8, 4) is 0 Å². The van der Waals surface area contributed by atoms with Gasteiger partial charge in [-0.1, -0.05) is 36.4 Å². The summed E-state index contributed by atoms with van der Waals surface area (Å²) in [6, 6.07) is 17.3. The zero-order chi connectivity index (χ0) is 17.6. The van der Waals surface area contributed by atoms with Gasteiger partial charge < -0.3 is 15.2 Å². The average Bonchev–Trinajstić information content (AvgIpc) is 2.66. The molecule has 3 rings (SSSR count). The number of nitrogens with zero attached hydrogens (tertiary/aromatic N) is 1. The highest BCUT2D eigenvalue weighted by Gasteiger charge is 2.10. The molecule has 0 bridgehead atoms. The quantitative estimate of drug-likeness (QED) is 0.674. The van der Waals surface area contributed by atoms with Crippen molar-refractivity contribution in [1.29, 1.82) is 0 Å². The predicted molar refractivity (Wildman–Crippen MR) is 97.6 cm³/mol. The van der Waals surface area contributed by atoms with Crippen molar-refractivity contribution >= 4 is 22.6 Å². The van der Waals surface area contributed by atoms with E-state index in [0.29, 0.717) is 24.5 Å². The summed E-state index contributed by atoms with van der Waals surface area (Å²) in [4.78, 5) is 15.8. The third-order valence-electron chi connectivity index (χ3n) is 3.91. The van der Waals surface area contributed by atoms with E-state index in [0.717, 1.165) is 16.3 Å². The lowest BCUT2D eigenvalue weighted by Crippen LogP contribution is -2.13. The topological polar surface area (TPSA) is 71.5 Å². The van der Waals surface area contributed by atoms with E-state index in [4.69, 9.17) is 4.74 Å². The number of aliphatic hydroxyl groups is 1. The highest BCUT2D eigenvalue weighted by atomic mass is 16.5. The summed E-state index contributed by atoms with van der Waals surface area (Å²) in [5.41, 5.74) is 1.25. The molecule has 0 aliphatic carbocycles. The molecule has 0 saturated heterocycles. The minimum atomic E-state index is -0.656. The molecule has 0 aliphatic rings. The minimum absolute atomic E-state index is 0.324. The molecule has 3 aromatic rings. The zero-order valence-electron chi connectivity index (χ0n) is 14.0. The van der Waals surface area contributed by atoms with Gasteiger partial charge in [0.25, 0.3) is 0 Å². The van der Waals surface area contributed by atoms with Crippen LogP contribution in [0.25, 0.3) is 10.8 Å². The Labute approximate surface area is 146 Å². The molecule has 2 N–H and O–H groups in total. The summed E-state index contributed by atoms with van der Waals surface area (Å²) in [6.07, 6.45) is 0.805. The van der Waals surface area contributed by atoms with Gasteiger partial charge in [-0.3, -0.25) is 0 Å². The summed E-state index contributed by atoms with van der Waals surface area (Å²) in [6.45, 7) is 2.41. The Balaban J connectivity index is 1.63. The number of nitrogens with one attached hydrogen (secondary N) is 1. The number of anilines is 1. The van der Waals surface area contributed by atoms with Crippen LogP contribution < -0.4 is 5.32 Å². The second kappa shape index (κ2) is 7.77. The van der Waals surface area contributed by atoms with Crippen molar-refractivity contribution in [2.75, 3.05) is 18.5 Å². The molecule has 5 nitrogen and oxygen atoms in total. The summed E-state index contributed by atoms with van der Waals surface area (Å²) in [5, 5.41) is 15.7. The number of carbonyl (C=O) groups excluding carboxylic acids is 1. The van der Waals surface area contributed by atoms with Gasteiger partial charge in [0.1, 0.15) is 5.82 Å². The van der Waals surface area contributed by atoms with Gasteiger partial charge in [-0.25, -0.2) is 9.78 Å². The lowest BCUT2D eigenvalue weighted by molar-refractivity contribution is 0.0526. The van der Waals surface area contributed by atoms with E-state index in [-0.39, 0.29) is 0 Å². The summed E-state index contributed by atoms with van der Waals surface area (Å²) >= 11 is 0. The standard InChI is InChI=1S/C20H20N2O3/c1-2-25-20(24)17-9-10-19(21-12-17)22-13-18(23)16-8-7-14-5-3-4-6-15(14)11-16/h3-12,18,23H,2,13H2,1H3,(H,21,22). The van der Waals surface area contributed by atoms with E-state index in [9.17, 15) is 9.90 Å². The maximum atomic E-state index is 11.6. The van der Waals surface area contributed by atoms with E-state index in [2.05, 4.69) is 10.3 Å². The first kappa shape index (κ1) is 16.9. The van der Waals surface area contributed by atoms with Gasteiger partial charge >= 0.3 is 5.97 Å². The molecule has 0 amide bonds. The Morgan fingerprint density at radius 2 is 1.96 bits per heavy atom. The first-order valence-electron chi connectivity index (χ1n) is 8.21. The van der Waals surface area contributed by atoms with Gasteiger partial charge in [0.05, 0.1) is 18.3 Å². The van der Waals surface area contributed by atoms with Crippen LogP contribution in [0.5, 0.6) is 0 Å². The molecule has 2 aromatic carbocycles. The highest BCUT2D eigenvalue weighted by molar-refractivity contribution is 5.89. The van der Waals surface area contributed by atoms with Crippen LogP contribution >= 0.6 is 0 Å². The Bertz CT molecular complexity index is 862. The third kappa shape index (κ3) is 4.14. The molecule has 0 fully saturated rings. The normalized spacial score (nSPS) is 11.9. The molecule has 1 atom stereocenters. The molecule has 0 spiro atoms. The molecule has 1 heterocycles. The SMILES string of the molecule is CCOC(=O)c1ccc(NCC(O)c2ccc3ccccc3c2)nc1. The second-order valence-electron chi connectivity index (χ2n) is 5.66. The fourth-order valence-corrected chi connectivity index (χ4v) is 2.57. The van der Waals surface area contributed by atoms with E-state index in [1.54, 1.807) is 19.1 Å². The van der Waals surface area contributed by atoms with Gasteiger partial charge in [0, 0.05) is 12.7 Å². The van der Waals surface area contributed by atoms with Crippen molar-refractivity contribution in [3.05, 3.63) is 71.9 Å². The number of aliphatic hydroxyl groups excluding tert-OH is 1. The van der Waals surface area contributed by atoms with Crippen LogP contribution in [-0.4, -0.2) is 29.2 Å². The highest BCUT2D eigenvalue weighted by Crippen LogP contribution is 2.20. The average molecular weight is 336 g/mol. The van der Waals surface area contributed by atoms with Crippen LogP contribution in [0.15, 0.2) is 60.8 Å². The summed E-state index contributed by atoms with van der Waals surface area (Å²) < 4.78 is 4.92. The zero-order valence-corrected chi connectivity index (χ0v) is 14.0. The van der Waals surface area contributed by atoms with Gasteiger partial charge in [-0.15, -0.1) is 0 Å². The lowest BCUT2D eigenvalue weighted by Gasteiger charge is -2.13. The van der Waals surface area contributed by atoms with Crippen molar-refractivity contribution in [2.24, 2.45) is 0 Å². The molecule has 0 aliphatic heterocycles. The predicted octanol–water partition coefficient (Wildman–Crippen LogP) is 3.56. The van der Waals surface area contributed by atoms with Crippen molar-refractivity contribution in [2.45, 2.75) is 13.0 Å². The van der Waals surface area contributed by atoms with E-state index >= 15 is 0 Å². The number of fused-ring (bicyclic) bond motifs is 1. The number of pyridine rings is 1. The molecular weight excluding hydrogens is 316 g/mol. The fraction of sp³-hybridized carbons (Fsp3) is 0.200. The van der Waals surface area contributed by atoms with Crippen LogP contribution in [0.4, 0.5) is 5.82 Å². The lowest BCUT2D eigenvalue weighted by atomic mass is 10.0. The molecule has 0 radical (unpaired) electrons. The van der Waals surface area contributed by atoms with Gasteiger partial charge in [-0.2, -0.15) is 0 Å². The van der Waals surface area contributed by atoms with Crippen molar-refractivity contribution in [1.82, 2.24) is 4.98 Å². The number of carbonyl (C=O) groups is 1. The molecule has 1 unspecified atom stereocenters. The van der Waals surface area contributed by atoms with Gasteiger partial charge in [-0.05, 0) is 41.5 Å². The van der Waals surface area contributed by atoms with Crippen molar-refractivity contribution < 1.29 is 14.6 Å². The molecule has 128 valence electrons. The van der Waals surface area contributed by atoms with E-state index in [1.165, 1.54) is 6.20 Å². The van der Waals surface area contributed by atoms with Crippen LogP contribution in [0, 0.1) is 0 Å². The van der Waals surface area contributed by atoms with Gasteiger partial charge in [0.2, 0.25) is 0 Å². The summed E-state index contributed by atoms with van der Waals surface area (Å²) in [5.74, 6) is 0.200. The third-order valence-corrected chi connectivity index (χ3v) is 3.91. The van der Waals surface area contributed by atoms with Crippen molar-refractivity contribution in [3.63, 3.8) is 0 Å². The Hall–Kier alpha value is -2.92. The number of benzene rings is 2. The molecule has 1 aromatic heterocycles. The van der Waals surface area contributed by atoms with E-state index in [1.807, 2.05) is 42.5 Å².